The molecule has 0 unspecified atom stereocenters. The van der Waals surface area contributed by atoms with Crippen LogP contribution in [0.4, 0.5) is 5.82 Å². The summed E-state index contributed by atoms with van der Waals surface area (Å²) in [7, 11) is 1.21. The van der Waals surface area contributed by atoms with Crippen LogP contribution < -0.4 is 27.6 Å². The Bertz CT molecular complexity index is 1630. The summed E-state index contributed by atoms with van der Waals surface area (Å²) in [4.78, 5) is 62.9. The zero-order chi connectivity index (χ0) is 24.6. The quantitative estimate of drug-likeness (QED) is 0.363. The van der Waals surface area contributed by atoms with E-state index in [1.54, 1.807) is 30.3 Å². The third-order valence-electron chi connectivity index (χ3n) is 5.40. The van der Waals surface area contributed by atoms with E-state index in [4.69, 9.17) is 5.73 Å². The van der Waals surface area contributed by atoms with E-state index < -0.39 is 46.4 Å². The number of hydrogen-bond acceptors (Lipinski definition) is 8. The highest BCUT2D eigenvalue weighted by atomic mass is 16.4. The van der Waals surface area contributed by atoms with E-state index >= 15 is 0 Å². The third kappa shape index (κ3) is 3.79. The minimum Gasteiger partial charge on any atom is -0.543 e. The molecule has 2 aromatic heterocycles. The number of carboxylic acid groups (broad SMARTS) is 1. The van der Waals surface area contributed by atoms with Crippen molar-refractivity contribution in [3.8, 4) is 0 Å². The molecule has 0 fully saturated rings. The molecule has 0 spiro atoms. The zero-order valence-corrected chi connectivity index (χ0v) is 17.9. The fourth-order valence-corrected chi connectivity index (χ4v) is 3.67. The van der Waals surface area contributed by atoms with Gasteiger partial charge < -0.3 is 15.6 Å². The summed E-state index contributed by atoms with van der Waals surface area (Å²) >= 11 is 0. The maximum Gasteiger partial charge on any atom is 0.332 e. The minimum absolute atomic E-state index is 0.00289. The lowest BCUT2D eigenvalue weighted by Crippen LogP contribution is -2.43. The van der Waals surface area contributed by atoms with Gasteiger partial charge in [0.25, 0.3) is 11.1 Å². The normalized spacial score (nSPS) is 11.0. The monoisotopic (exact) mass is 460 g/mol. The van der Waals surface area contributed by atoms with Gasteiger partial charge in [-0.1, -0.05) is 48.5 Å². The van der Waals surface area contributed by atoms with Crippen LogP contribution in [0.15, 0.2) is 69.0 Å². The number of fused-ring (bicyclic) bond motifs is 1. The van der Waals surface area contributed by atoms with Crippen LogP contribution in [0.1, 0.15) is 26.4 Å². The first kappa shape index (κ1) is 22.4. The van der Waals surface area contributed by atoms with Crippen molar-refractivity contribution in [3.63, 3.8) is 0 Å². The van der Waals surface area contributed by atoms with Gasteiger partial charge in [-0.15, -0.1) is 0 Å². The van der Waals surface area contributed by atoms with Gasteiger partial charge in [0.15, 0.2) is 5.78 Å². The lowest BCUT2D eigenvalue weighted by atomic mass is 10.1. The standard InChI is InChI=1S/C23H19N5O6/c1-26-21(31)17(19(24)27(23(26)34)11-13-7-3-2-4-8-13)16(29)12-28-20(30)15-10-6-5-9-14(15)18(25-28)22(32)33/h2-10H,11-12,24H2,1H3,(H,32,33)/p-1. The van der Waals surface area contributed by atoms with E-state index in [9.17, 15) is 29.1 Å². The number of rotatable bonds is 6. The Morgan fingerprint density at radius 2 is 1.56 bits per heavy atom. The maximum absolute atomic E-state index is 13.1. The van der Waals surface area contributed by atoms with Gasteiger partial charge in [0.05, 0.1) is 17.9 Å². The molecule has 34 heavy (non-hydrogen) atoms. The van der Waals surface area contributed by atoms with Crippen molar-refractivity contribution in [1.82, 2.24) is 18.9 Å². The lowest BCUT2D eigenvalue weighted by Gasteiger charge is -2.15. The van der Waals surface area contributed by atoms with Gasteiger partial charge in [-0.2, -0.15) is 5.10 Å². The number of anilines is 1. The molecule has 0 atom stereocenters. The lowest BCUT2D eigenvalue weighted by molar-refractivity contribution is -0.255. The van der Waals surface area contributed by atoms with Crippen molar-refractivity contribution in [1.29, 1.82) is 0 Å². The van der Waals surface area contributed by atoms with Gasteiger partial charge in [-0.25, -0.2) is 9.48 Å². The van der Waals surface area contributed by atoms with Crippen LogP contribution in [0, 0.1) is 0 Å². The average Bonchev–Trinajstić information content (AvgIpc) is 2.83. The topological polar surface area (TPSA) is 162 Å². The molecular weight excluding hydrogens is 442 g/mol. The third-order valence-corrected chi connectivity index (χ3v) is 5.40. The van der Waals surface area contributed by atoms with Gasteiger partial charge in [-0.05, 0) is 11.6 Å². The van der Waals surface area contributed by atoms with E-state index in [0.29, 0.717) is 10.2 Å². The molecule has 4 aromatic rings. The van der Waals surface area contributed by atoms with Crippen molar-refractivity contribution >= 4 is 28.3 Å². The van der Waals surface area contributed by atoms with Crippen LogP contribution in [0.3, 0.4) is 0 Å². The second-order valence-corrected chi connectivity index (χ2v) is 7.55. The first-order chi connectivity index (χ1) is 16.2. The first-order valence-corrected chi connectivity index (χ1v) is 10.1. The van der Waals surface area contributed by atoms with Gasteiger partial charge in [0.2, 0.25) is 0 Å². The summed E-state index contributed by atoms with van der Waals surface area (Å²) in [6.07, 6.45) is 0. The number of carbonyl (C=O) groups excluding carboxylic acids is 2. The molecule has 0 aliphatic heterocycles. The summed E-state index contributed by atoms with van der Waals surface area (Å²) in [5.41, 5.74) is 3.36. The van der Waals surface area contributed by atoms with Crippen molar-refractivity contribution < 1.29 is 14.7 Å². The summed E-state index contributed by atoms with van der Waals surface area (Å²) < 4.78 is 2.46. The number of nitrogen functional groups attached to an aromatic ring is 1. The molecule has 172 valence electrons. The second-order valence-electron chi connectivity index (χ2n) is 7.55. The van der Waals surface area contributed by atoms with E-state index in [1.807, 2.05) is 0 Å². The summed E-state index contributed by atoms with van der Waals surface area (Å²) in [5, 5.41) is 15.4. The van der Waals surface area contributed by atoms with Gasteiger partial charge >= 0.3 is 5.69 Å². The number of Topliss-reactive ketones (excluding diaryl/α,β-unsaturated/α-hetero) is 1. The molecule has 11 heteroatoms. The Balaban J connectivity index is 1.83. The molecule has 0 bridgehead atoms. The predicted molar refractivity (Wildman–Crippen MR) is 121 cm³/mol. The smallest absolute Gasteiger partial charge is 0.332 e. The number of ketones is 1. The Kier molecular flexibility index (Phi) is 5.68. The van der Waals surface area contributed by atoms with Crippen LogP contribution in [0.5, 0.6) is 0 Å². The highest BCUT2D eigenvalue weighted by Crippen LogP contribution is 2.14. The van der Waals surface area contributed by atoms with E-state index in [1.165, 1.54) is 31.3 Å². The van der Waals surface area contributed by atoms with Crippen LogP contribution >= 0.6 is 0 Å². The van der Waals surface area contributed by atoms with Crippen LogP contribution in [-0.4, -0.2) is 30.7 Å². The SMILES string of the molecule is Cn1c(=O)c(C(=O)Cn2nc(C(=O)[O-])c3ccccc3c2=O)c(N)n(Cc2ccccc2)c1=O. The largest absolute Gasteiger partial charge is 0.543 e. The Hall–Kier alpha value is -4.80. The van der Waals surface area contributed by atoms with Crippen molar-refractivity contribution in [2.45, 2.75) is 13.1 Å². The molecule has 0 aliphatic carbocycles. The zero-order valence-electron chi connectivity index (χ0n) is 17.9. The Morgan fingerprint density at radius 1 is 0.941 bits per heavy atom. The molecule has 4 rings (SSSR count). The Morgan fingerprint density at radius 3 is 2.21 bits per heavy atom. The van der Waals surface area contributed by atoms with Crippen molar-refractivity contribution in [2.75, 3.05) is 5.73 Å². The molecule has 0 aliphatic rings. The fraction of sp³-hybridized carbons (Fsp3) is 0.130. The summed E-state index contributed by atoms with van der Waals surface area (Å²) in [6, 6.07) is 14.7. The second kappa shape index (κ2) is 8.62. The maximum atomic E-state index is 13.1. The number of benzene rings is 2. The highest BCUT2D eigenvalue weighted by molar-refractivity contribution is 6.01. The number of aromatic carboxylic acids is 1. The molecule has 0 saturated carbocycles. The molecule has 2 heterocycles. The molecule has 2 N–H and O–H groups in total. The van der Waals surface area contributed by atoms with E-state index in [-0.39, 0.29) is 23.1 Å². The van der Waals surface area contributed by atoms with Crippen LogP contribution in [-0.2, 0) is 20.1 Å². The number of nitrogens with zero attached hydrogens (tertiary/aromatic N) is 4. The number of hydrogen-bond donors (Lipinski definition) is 1. The number of aromatic nitrogens is 4. The van der Waals surface area contributed by atoms with Gasteiger partial charge in [-0.3, -0.25) is 23.5 Å². The van der Waals surface area contributed by atoms with Crippen molar-refractivity contribution in [2.24, 2.45) is 7.05 Å². The molecule has 0 radical (unpaired) electrons. The number of carboxylic acids is 1. The minimum atomic E-state index is -1.63. The van der Waals surface area contributed by atoms with E-state index in [2.05, 4.69) is 5.10 Å². The molecule has 2 aromatic carbocycles. The fourth-order valence-electron chi connectivity index (χ4n) is 3.67. The van der Waals surface area contributed by atoms with Gasteiger partial charge in [0, 0.05) is 12.4 Å². The Labute approximate surface area is 190 Å². The van der Waals surface area contributed by atoms with Crippen molar-refractivity contribution in [3.05, 3.63) is 103 Å². The summed E-state index contributed by atoms with van der Waals surface area (Å²) in [6.45, 7) is -0.768. The predicted octanol–water partition coefficient (Wildman–Crippen LogP) is -0.866. The van der Waals surface area contributed by atoms with Crippen LogP contribution in [0.2, 0.25) is 0 Å². The molecular formula is C23H18N5O6-. The first-order valence-electron chi connectivity index (χ1n) is 10.1. The van der Waals surface area contributed by atoms with Crippen LogP contribution in [0.25, 0.3) is 10.8 Å². The summed E-state index contributed by atoms with van der Waals surface area (Å²) in [5.74, 6) is -2.91. The van der Waals surface area contributed by atoms with Gasteiger partial charge in [0.1, 0.15) is 23.6 Å². The molecule has 0 saturated heterocycles. The molecule has 0 amide bonds. The number of carbonyl (C=O) groups is 2. The average molecular weight is 460 g/mol. The highest BCUT2D eigenvalue weighted by Gasteiger charge is 2.23. The number of nitrogens with two attached hydrogens (primary N) is 1. The van der Waals surface area contributed by atoms with E-state index in [0.717, 1.165) is 9.13 Å². The molecule has 11 nitrogen and oxygen atoms in total.